The maximum atomic E-state index is 12.7. The Balaban J connectivity index is 1.90. The second-order valence-electron chi connectivity index (χ2n) is 9.47. The minimum absolute atomic E-state index is 0.00351. The minimum Gasteiger partial charge on any atom is -0.444 e. The van der Waals surface area contributed by atoms with Gasteiger partial charge in [0.2, 0.25) is 11.8 Å². The van der Waals surface area contributed by atoms with E-state index in [1.807, 2.05) is 34.6 Å². The smallest absolute Gasteiger partial charge is 0.410 e. The molecule has 0 aliphatic carbocycles. The van der Waals surface area contributed by atoms with Crippen molar-refractivity contribution < 1.29 is 23.9 Å². The number of nitrogens with zero attached hydrogens (tertiary/aromatic N) is 2. The highest BCUT2D eigenvalue weighted by molar-refractivity contribution is 5.89. The summed E-state index contributed by atoms with van der Waals surface area (Å²) in [6.07, 6.45) is 0.583. The van der Waals surface area contributed by atoms with Crippen LogP contribution < -0.4 is 5.32 Å². The van der Waals surface area contributed by atoms with Gasteiger partial charge in [-0.15, -0.1) is 0 Å². The van der Waals surface area contributed by atoms with Crippen LogP contribution in [0.1, 0.15) is 47.5 Å². The molecule has 28 heavy (non-hydrogen) atoms. The lowest BCUT2D eigenvalue weighted by atomic mass is 9.79. The average Bonchev–Trinajstić information content (AvgIpc) is 2.93. The van der Waals surface area contributed by atoms with E-state index in [0.29, 0.717) is 39.2 Å². The van der Waals surface area contributed by atoms with E-state index in [4.69, 9.17) is 9.47 Å². The Kier molecular flexibility index (Phi) is 6.96. The molecule has 2 atom stereocenters. The molecule has 0 aromatic rings. The summed E-state index contributed by atoms with van der Waals surface area (Å²) < 4.78 is 10.5. The fourth-order valence-electron chi connectivity index (χ4n) is 3.76. The molecule has 1 N–H and O–H groups in total. The lowest BCUT2D eigenvalue weighted by Crippen LogP contribution is -2.58. The van der Waals surface area contributed by atoms with E-state index in [2.05, 4.69) is 5.32 Å². The lowest BCUT2D eigenvalue weighted by Gasteiger charge is -2.44. The molecule has 2 fully saturated rings. The summed E-state index contributed by atoms with van der Waals surface area (Å²) in [6, 6.07) is -0.0539. The minimum atomic E-state index is -0.532. The first kappa shape index (κ1) is 22.5. The molecule has 2 saturated heterocycles. The number of hydrogen-bond acceptors (Lipinski definition) is 5. The molecule has 0 radical (unpaired) electrons. The van der Waals surface area contributed by atoms with Crippen molar-refractivity contribution in [1.29, 1.82) is 0 Å². The van der Waals surface area contributed by atoms with E-state index in [1.165, 1.54) is 0 Å². The maximum absolute atomic E-state index is 12.7. The zero-order valence-electron chi connectivity index (χ0n) is 18.0. The number of carbonyl (C=O) groups excluding carboxylic acids is 3. The Morgan fingerprint density at radius 3 is 2.54 bits per heavy atom. The summed E-state index contributed by atoms with van der Waals surface area (Å²) in [5, 5.41) is 3.13. The monoisotopic (exact) mass is 397 g/mol. The van der Waals surface area contributed by atoms with Crippen molar-refractivity contribution in [2.45, 2.75) is 59.1 Å². The van der Waals surface area contributed by atoms with Crippen molar-refractivity contribution in [3.05, 3.63) is 0 Å². The lowest BCUT2D eigenvalue weighted by molar-refractivity contribution is -0.130. The number of piperidine rings is 1. The van der Waals surface area contributed by atoms with E-state index >= 15 is 0 Å². The molecule has 8 nitrogen and oxygen atoms in total. The molecule has 0 unspecified atom stereocenters. The molecule has 2 rings (SSSR count). The molecular formula is C20H35N3O5. The second kappa shape index (κ2) is 8.68. The van der Waals surface area contributed by atoms with Gasteiger partial charge in [0.15, 0.2) is 0 Å². The highest BCUT2D eigenvalue weighted by Gasteiger charge is 2.41. The quantitative estimate of drug-likeness (QED) is 0.762. The highest BCUT2D eigenvalue weighted by Crippen LogP contribution is 2.31. The standard InChI is InChI=1S/C20H35N3O5/c1-19(2,3)28-18(26)23-8-7-15(20(4,5)13-23)21-17(25)14-11-16(24)22(12-14)9-10-27-6/h14-15H,7-13H2,1-6H3,(H,21,25)/t14-,15+/m0/s1. The first-order chi connectivity index (χ1) is 12.9. The Morgan fingerprint density at radius 1 is 1.29 bits per heavy atom. The van der Waals surface area contributed by atoms with Crippen LogP contribution in [-0.2, 0) is 19.1 Å². The number of amides is 3. The Morgan fingerprint density at radius 2 is 1.96 bits per heavy atom. The fourth-order valence-corrected chi connectivity index (χ4v) is 3.76. The van der Waals surface area contributed by atoms with Gasteiger partial charge in [-0.25, -0.2) is 4.79 Å². The molecule has 0 aromatic heterocycles. The SMILES string of the molecule is COCCN1C[C@@H](C(=O)N[C@@H]2CCN(C(=O)OC(C)(C)C)CC2(C)C)CC1=O. The number of hydrogen-bond donors (Lipinski definition) is 1. The Labute approximate surface area is 167 Å². The Bertz CT molecular complexity index is 599. The summed E-state index contributed by atoms with van der Waals surface area (Å²) in [5.41, 5.74) is -0.820. The molecule has 2 aliphatic heterocycles. The molecule has 0 saturated carbocycles. The normalized spacial score (nSPS) is 25.0. The van der Waals surface area contributed by atoms with Crippen LogP contribution in [0, 0.1) is 11.3 Å². The zero-order valence-corrected chi connectivity index (χ0v) is 18.0. The number of carbonyl (C=O) groups is 3. The molecule has 2 heterocycles. The number of methoxy groups -OCH3 is 1. The van der Waals surface area contributed by atoms with Crippen molar-refractivity contribution in [2.24, 2.45) is 11.3 Å². The summed E-state index contributed by atoms with van der Waals surface area (Å²) in [6.45, 7) is 12.1. The van der Waals surface area contributed by atoms with Gasteiger partial charge in [0.1, 0.15) is 5.60 Å². The third kappa shape index (κ3) is 5.83. The van der Waals surface area contributed by atoms with Gasteiger partial charge in [-0.1, -0.05) is 13.8 Å². The van der Waals surface area contributed by atoms with Gasteiger partial charge in [-0.2, -0.15) is 0 Å². The van der Waals surface area contributed by atoms with Crippen LogP contribution >= 0.6 is 0 Å². The Hall–Kier alpha value is -1.83. The van der Waals surface area contributed by atoms with E-state index in [0.717, 1.165) is 0 Å². The van der Waals surface area contributed by atoms with Gasteiger partial charge in [-0.05, 0) is 27.2 Å². The molecule has 160 valence electrons. The van der Waals surface area contributed by atoms with Gasteiger partial charge >= 0.3 is 6.09 Å². The molecule has 2 aliphatic rings. The van der Waals surface area contributed by atoms with Crippen LogP contribution in [0.5, 0.6) is 0 Å². The average molecular weight is 398 g/mol. The van der Waals surface area contributed by atoms with Crippen molar-refractivity contribution in [3.8, 4) is 0 Å². The van der Waals surface area contributed by atoms with Crippen LogP contribution in [0.2, 0.25) is 0 Å². The van der Waals surface area contributed by atoms with Crippen LogP contribution in [-0.4, -0.2) is 79.2 Å². The second-order valence-corrected chi connectivity index (χ2v) is 9.47. The van der Waals surface area contributed by atoms with Crippen molar-refractivity contribution in [3.63, 3.8) is 0 Å². The number of rotatable bonds is 5. The van der Waals surface area contributed by atoms with Crippen LogP contribution in [0.3, 0.4) is 0 Å². The van der Waals surface area contributed by atoms with Crippen LogP contribution in [0.25, 0.3) is 0 Å². The summed E-state index contributed by atoms with van der Waals surface area (Å²) in [5.74, 6) is -0.419. The molecule has 0 spiro atoms. The fraction of sp³-hybridized carbons (Fsp3) is 0.850. The van der Waals surface area contributed by atoms with Gasteiger partial charge in [0.05, 0.1) is 12.5 Å². The first-order valence-electron chi connectivity index (χ1n) is 9.98. The van der Waals surface area contributed by atoms with E-state index < -0.39 is 5.60 Å². The summed E-state index contributed by atoms with van der Waals surface area (Å²) >= 11 is 0. The zero-order chi connectivity index (χ0) is 21.1. The topological polar surface area (TPSA) is 88.2 Å². The molecular weight excluding hydrogens is 362 g/mol. The van der Waals surface area contributed by atoms with Crippen LogP contribution in [0.15, 0.2) is 0 Å². The van der Waals surface area contributed by atoms with Crippen LogP contribution in [0.4, 0.5) is 4.79 Å². The van der Waals surface area contributed by atoms with Crippen molar-refractivity contribution >= 4 is 17.9 Å². The third-order valence-corrected chi connectivity index (χ3v) is 5.35. The first-order valence-corrected chi connectivity index (χ1v) is 9.98. The highest BCUT2D eigenvalue weighted by atomic mass is 16.6. The summed E-state index contributed by atoms with van der Waals surface area (Å²) in [7, 11) is 1.59. The van der Waals surface area contributed by atoms with Gasteiger partial charge < -0.3 is 24.6 Å². The van der Waals surface area contributed by atoms with Crippen molar-refractivity contribution in [1.82, 2.24) is 15.1 Å². The number of ether oxygens (including phenoxy) is 2. The van der Waals surface area contributed by atoms with E-state index in [-0.39, 0.29) is 41.7 Å². The molecule has 3 amide bonds. The van der Waals surface area contributed by atoms with Gasteiger partial charge in [0, 0.05) is 51.2 Å². The molecule has 0 aromatic carbocycles. The predicted octanol–water partition coefficient (Wildman–Crippen LogP) is 1.63. The van der Waals surface area contributed by atoms with E-state index in [1.54, 1.807) is 16.9 Å². The van der Waals surface area contributed by atoms with Crippen molar-refractivity contribution in [2.75, 3.05) is 39.9 Å². The number of likely N-dealkylation sites (tertiary alicyclic amines) is 2. The summed E-state index contributed by atoms with van der Waals surface area (Å²) in [4.78, 5) is 40.6. The largest absolute Gasteiger partial charge is 0.444 e. The molecule has 0 bridgehead atoms. The maximum Gasteiger partial charge on any atom is 0.410 e. The third-order valence-electron chi connectivity index (χ3n) is 5.35. The van der Waals surface area contributed by atoms with Gasteiger partial charge in [0.25, 0.3) is 0 Å². The van der Waals surface area contributed by atoms with E-state index in [9.17, 15) is 14.4 Å². The predicted molar refractivity (Wildman–Crippen MR) is 105 cm³/mol. The number of nitrogens with one attached hydrogen (secondary N) is 1. The van der Waals surface area contributed by atoms with Gasteiger partial charge in [-0.3, -0.25) is 9.59 Å². The molecule has 8 heteroatoms.